The van der Waals surface area contributed by atoms with Crippen molar-refractivity contribution >= 4 is 55.1 Å². The number of ketones is 1. The molecule has 1 saturated heterocycles. The molecule has 6 atom stereocenters. The Kier molecular flexibility index (Phi) is 3.54. The number of carbonyl (C=O) groups is 3. The number of anilines is 1. The third kappa shape index (κ3) is 2.03. The molecular weight excluding hydrogens is 426 g/mol. The normalized spacial score (nSPS) is 38.3. The zero-order valence-electron chi connectivity index (χ0n) is 12.4. The minimum absolute atomic E-state index is 0.0326. The molecule has 6 heteroatoms. The number of Topliss-reactive ketones (excluding diaryl/α,β-unsaturated/α-hetero) is 1. The van der Waals surface area contributed by atoms with E-state index in [4.69, 9.17) is 0 Å². The fraction of sp³-hybridized carbons (Fsp3) is 0.471. The summed E-state index contributed by atoms with van der Waals surface area (Å²) < 4.78 is 0. The average molecular weight is 441 g/mol. The molecule has 1 aliphatic heterocycles. The van der Waals surface area contributed by atoms with Gasteiger partial charge in [0.2, 0.25) is 11.8 Å². The van der Waals surface area contributed by atoms with Gasteiger partial charge in [-0.3, -0.25) is 19.3 Å². The van der Waals surface area contributed by atoms with E-state index in [1.807, 2.05) is 0 Å². The quantitative estimate of drug-likeness (QED) is 0.403. The number of benzene rings is 1. The number of imide groups is 1. The van der Waals surface area contributed by atoms with Crippen LogP contribution in [0, 0.1) is 23.7 Å². The van der Waals surface area contributed by atoms with E-state index < -0.39 is 0 Å². The third-order valence-corrected chi connectivity index (χ3v) is 8.73. The van der Waals surface area contributed by atoms with Gasteiger partial charge in [-0.15, -0.1) is 0 Å². The molecule has 4 nitrogen and oxygen atoms in total. The van der Waals surface area contributed by atoms with Crippen molar-refractivity contribution < 1.29 is 14.4 Å². The zero-order chi connectivity index (χ0) is 16.5. The van der Waals surface area contributed by atoms with Crippen molar-refractivity contribution in [3.05, 3.63) is 29.8 Å². The van der Waals surface area contributed by atoms with Crippen LogP contribution in [0.5, 0.6) is 0 Å². The SMILES string of the molecule is CC(=O)c1ccc(N2C(=O)C3C4CC(C(Br)C4Br)C3C2=O)cc1. The second-order valence-electron chi connectivity index (χ2n) is 6.62. The minimum Gasteiger partial charge on any atom is -0.295 e. The van der Waals surface area contributed by atoms with Crippen LogP contribution in [0.1, 0.15) is 23.7 Å². The van der Waals surface area contributed by atoms with Gasteiger partial charge in [-0.25, -0.2) is 0 Å². The number of fused-ring (bicyclic) bond motifs is 5. The Labute approximate surface area is 150 Å². The topological polar surface area (TPSA) is 54.5 Å². The molecule has 0 aromatic heterocycles. The molecule has 23 heavy (non-hydrogen) atoms. The van der Waals surface area contributed by atoms with Crippen molar-refractivity contribution in [1.29, 1.82) is 0 Å². The molecule has 0 radical (unpaired) electrons. The third-order valence-electron chi connectivity index (χ3n) is 5.52. The van der Waals surface area contributed by atoms with Crippen molar-refractivity contribution in [2.24, 2.45) is 23.7 Å². The molecule has 2 amide bonds. The summed E-state index contributed by atoms with van der Waals surface area (Å²) in [4.78, 5) is 38.9. The van der Waals surface area contributed by atoms with Gasteiger partial charge < -0.3 is 0 Å². The fourth-order valence-electron chi connectivity index (χ4n) is 4.45. The minimum atomic E-state index is -0.210. The fourth-order valence-corrected chi connectivity index (χ4v) is 6.32. The van der Waals surface area contributed by atoms with Gasteiger partial charge >= 0.3 is 0 Å². The first-order valence-electron chi connectivity index (χ1n) is 7.68. The van der Waals surface area contributed by atoms with E-state index in [-0.39, 0.29) is 50.9 Å². The van der Waals surface area contributed by atoms with Crippen molar-refractivity contribution in [3.8, 4) is 0 Å². The molecule has 3 aliphatic rings. The zero-order valence-corrected chi connectivity index (χ0v) is 15.6. The van der Waals surface area contributed by atoms with Crippen LogP contribution in [0.15, 0.2) is 24.3 Å². The van der Waals surface area contributed by atoms with Crippen molar-refractivity contribution in [3.63, 3.8) is 0 Å². The first-order chi connectivity index (χ1) is 10.9. The van der Waals surface area contributed by atoms with Crippen LogP contribution in [0.3, 0.4) is 0 Å². The van der Waals surface area contributed by atoms with Gasteiger partial charge in [0, 0.05) is 15.2 Å². The van der Waals surface area contributed by atoms with E-state index in [1.165, 1.54) is 11.8 Å². The molecule has 2 aliphatic carbocycles. The van der Waals surface area contributed by atoms with Gasteiger partial charge in [-0.1, -0.05) is 31.9 Å². The first-order valence-corrected chi connectivity index (χ1v) is 9.52. The Morgan fingerprint density at radius 2 is 1.48 bits per heavy atom. The number of alkyl halides is 2. The summed E-state index contributed by atoms with van der Waals surface area (Å²) in [5.41, 5.74) is 1.14. The van der Waals surface area contributed by atoms with E-state index in [9.17, 15) is 14.4 Å². The molecule has 2 bridgehead atoms. The molecule has 1 aromatic carbocycles. The lowest BCUT2D eigenvalue weighted by Crippen LogP contribution is -2.37. The number of amides is 2. The predicted octanol–water partition coefficient (Wildman–Crippen LogP) is 3.17. The Bertz CT molecular complexity index is 685. The van der Waals surface area contributed by atoms with Crippen LogP contribution in [0.2, 0.25) is 0 Å². The lowest BCUT2D eigenvalue weighted by molar-refractivity contribution is -0.123. The highest BCUT2D eigenvalue weighted by Gasteiger charge is 2.66. The highest BCUT2D eigenvalue weighted by atomic mass is 79.9. The first kappa shape index (κ1) is 15.5. The molecule has 1 heterocycles. The number of halogens is 2. The van der Waals surface area contributed by atoms with Crippen LogP contribution in [-0.2, 0) is 9.59 Å². The smallest absolute Gasteiger partial charge is 0.238 e. The Balaban J connectivity index is 1.68. The largest absolute Gasteiger partial charge is 0.295 e. The van der Waals surface area contributed by atoms with E-state index in [1.54, 1.807) is 24.3 Å². The summed E-state index contributed by atoms with van der Waals surface area (Å²) in [5, 5.41) is 0. The average Bonchev–Trinajstić information content (AvgIpc) is 3.12. The number of carbonyl (C=O) groups excluding carboxylic acids is 3. The van der Waals surface area contributed by atoms with Gasteiger partial charge in [0.15, 0.2) is 5.78 Å². The van der Waals surface area contributed by atoms with E-state index in [0.29, 0.717) is 11.3 Å². The van der Waals surface area contributed by atoms with Crippen LogP contribution in [0.4, 0.5) is 5.69 Å². The van der Waals surface area contributed by atoms with E-state index in [2.05, 4.69) is 31.9 Å². The second-order valence-corrected chi connectivity index (χ2v) is 8.73. The number of hydrogen-bond acceptors (Lipinski definition) is 3. The summed E-state index contributed by atoms with van der Waals surface area (Å²) in [5.74, 6) is -0.204. The van der Waals surface area contributed by atoms with E-state index >= 15 is 0 Å². The lowest BCUT2D eigenvalue weighted by Gasteiger charge is -2.28. The molecule has 4 rings (SSSR count). The van der Waals surface area contributed by atoms with Crippen LogP contribution < -0.4 is 4.90 Å². The molecule has 2 saturated carbocycles. The van der Waals surface area contributed by atoms with Crippen LogP contribution in [0.25, 0.3) is 0 Å². The molecule has 3 fully saturated rings. The number of hydrogen-bond donors (Lipinski definition) is 0. The standard InChI is InChI=1S/C17H15Br2NO3/c1-7(21)8-2-4-9(5-3-8)20-16(22)12-10-6-11(13(12)17(20)23)15(19)14(10)18/h2-5,10-15H,6H2,1H3. The maximum absolute atomic E-state index is 12.9. The molecule has 0 N–H and O–H groups in total. The molecular formula is C17H15Br2NO3. The summed E-state index contributed by atoms with van der Waals surface area (Å²) in [6, 6.07) is 6.71. The molecule has 6 unspecified atom stereocenters. The maximum Gasteiger partial charge on any atom is 0.238 e. The molecule has 0 spiro atoms. The van der Waals surface area contributed by atoms with Crippen molar-refractivity contribution in [2.75, 3.05) is 4.90 Å². The van der Waals surface area contributed by atoms with Crippen LogP contribution >= 0.6 is 31.9 Å². The Morgan fingerprint density at radius 1 is 1.00 bits per heavy atom. The van der Waals surface area contributed by atoms with Gasteiger partial charge in [0.1, 0.15) is 0 Å². The monoisotopic (exact) mass is 439 g/mol. The highest BCUT2D eigenvalue weighted by Crippen LogP contribution is 2.60. The maximum atomic E-state index is 12.9. The predicted molar refractivity (Wildman–Crippen MR) is 92.9 cm³/mol. The van der Waals surface area contributed by atoms with Crippen molar-refractivity contribution in [2.45, 2.75) is 23.0 Å². The Morgan fingerprint density at radius 3 is 1.91 bits per heavy atom. The molecule has 120 valence electrons. The highest BCUT2D eigenvalue weighted by molar-refractivity contribution is 9.12. The number of nitrogens with zero attached hydrogens (tertiary/aromatic N) is 1. The van der Waals surface area contributed by atoms with Gasteiger partial charge in [0.25, 0.3) is 0 Å². The number of rotatable bonds is 2. The van der Waals surface area contributed by atoms with Crippen LogP contribution in [-0.4, -0.2) is 27.3 Å². The Hall–Kier alpha value is -1.01. The summed E-state index contributed by atoms with van der Waals surface area (Å²) >= 11 is 7.36. The second kappa shape index (κ2) is 5.24. The molecule has 1 aromatic rings. The summed E-state index contributed by atoms with van der Waals surface area (Å²) in [7, 11) is 0. The van der Waals surface area contributed by atoms with Gasteiger partial charge in [-0.2, -0.15) is 0 Å². The van der Waals surface area contributed by atoms with Crippen molar-refractivity contribution in [1.82, 2.24) is 0 Å². The van der Waals surface area contributed by atoms with Gasteiger partial charge in [-0.05, 0) is 49.4 Å². The van der Waals surface area contributed by atoms with E-state index in [0.717, 1.165) is 6.42 Å². The lowest BCUT2D eigenvalue weighted by atomic mass is 9.81. The van der Waals surface area contributed by atoms with Gasteiger partial charge in [0.05, 0.1) is 17.5 Å². The summed E-state index contributed by atoms with van der Waals surface area (Å²) in [6.07, 6.45) is 0.926. The summed E-state index contributed by atoms with van der Waals surface area (Å²) in [6.45, 7) is 1.50.